The van der Waals surface area contributed by atoms with Crippen LogP contribution in [0.4, 0.5) is 5.69 Å². The summed E-state index contributed by atoms with van der Waals surface area (Å²) in [7, 11) is 0. The molecule has 0 amide bonds. The van der Waals surface area contributed by atoms with Crippen molar-refractivity contribution in [3.8, 4) is 0 Å². The number of nitrogens with zero attached hydrogens (tertiary/aromatic N) is 2. The van der Waals surface area contributed by atoms with Crippen molar-refractivity contribution >= 4 is 23.3 Å². The van der Waals surface area contributed by atoms with Gasteiger partial charge in [-0.2, -0.15) is 0 Å². The van der Waals surface area contributed by atoms with Gasteiger partial charge in [-0.15, -0.1) is 0 Å². The largest absolute Gasteiger partial charge is 0.462 e. The molecule has 4 fully saturated rings. The highest BCUT2D eigenvalue weighted by atomic mass is 35.5. The van der Waals surface area contributed by atoms with Crippen LogP contribution < -0.4 is 4.90 Å². The lowest BCUT2D eigenvalue weighted by Gasteiger charge is -2.50. The predicted octanol–water partition coefficient (Wildman–Crippen LogP) is 4.78. The molecule has 4 aliphatic rings. The molecule has 0 radical (unpaired) electrons. The van der Waals surface area contributed by atoms with E-state index in [1.807, 2.05) is 18.2 Å². The number of ether oxygens (including phenoxy) is 1. The van der Waals surface area contributed by atoms with E-state index in [1.165, 1.54) is 24.1 Å². The summed E-state index contributed by atoms with van der Waals surface area (Å²) in [6.45, 7) is 11.5. The van der Waals surface area contributed by atoms with E-state index in [2.05, 4.69) is 29.4 Å². The quantitative estimate of drug-likeness (QED) is 0.512. The Morgan fingerprint density at radius 3 is 2.83 bits per heavy atom. The number of halogens is 1. The summed E-state index contributed by atoms with van der Waals surface area (Å²) in [5.41, 5.74) is 2.87. The minimum atomic E-state index is 0.0204. The lowest BCUT2D eigenvalue weighted by molar-refractivity contribution is -0.146. The number of carbonyl (C=O) groups is 1. The first-order chi connectivity index (χ1) is 14.4. The molecule has 1 aromatic carbocycles. The maximum Gasteiger partial charge on any atom is 0.310 e. The number of carbonyl (C=O) groups excluding carboxylic acids is 1. The Morgan fingerprint density at radius 1 is 1.27 bits per heavy atom. The second-order valence-electron chi connectivity index (χ2n) is 10.2. The number of hydrogen-bond acceptors (Lipinski definition) is 4. The minimum absolute atomic E-state index is 0.0204. The number of hydrogen-bond donors (Lipinski definition) is 0. The molecule has 2 saturated carbocycles. The van der Waals surface area contributed by atoms with Crippen molar-refractivity contribution in [2.24, 2.45) is 23.2 Å². The SMILES string of the molecule is C=C1CCC[C@]2(C)C[C@H]3OC(=O)[C@H](CN4CCN(c5cccc(Cl)c5)CC4)[C@@H]3C[C@@H]12. The number of allylic oxidation sites excluding steroid dienone is 1. The maximum absolute atomic E-state index is 12.8. The Kier molecular flexibility index (Phi) is 5.35. The van der Waals surface area contributed by atoms with Crippen LogP contribution in [0.1, 0.15) is 39.0 Å². The van der Waals surface area contributed by atoms with Gasteiger partial charge in [-0.3, -0.25) is 9.69 Å². The molecule has 2 aliphatic heterocycles. The van der Waals surface area contributed by atoms with Crippen LogP contribution in [-0.4, -0.2) is 49.7 Å². The van der Waals surface area contributed by atoms with Crippen LogP contribution in [0.5, 0.6) is 0 Å². The van der Waals surface area contributed by atoms with Crippen LogP contribution in [0.3, 0.4) is 0 Å². The second-order valence-corrected chi connectivity index (χ2v) is 10.6. The number of fused-ring (bicyclic) bond motifs is 2. The molecule has 2 heterocycles. The average molecular weight is 429 g/mol. The first-order valence-corrected chi connectivity index (χ1v) is 11.9. The molecule has 5 heteroatoms. The smallest absolute Gasteiger partial charge is 0.310 e. The highest BCUT2D eigenvalue weighted by molar-refractivity contribution is 6.30. The Morgan fingerprint density at radius 2 is 2.07 bits per heavy atom. The van der Waals surface area contributed by atoms with Crippen molar-refractivity contribution in [2.45, 2.75) is 45.1 Å². The zero-order valence-corrected chi connectivity index (χ0v) is 18.7. The van der Waals surface area contributed by atoms with E-state index in [1.54, 1.807) is 0 Å². The lowest BCUT2D eigenvalue weighted by atomic mass is 9.55. The fourth-order valence-electron chi connectivity index (χ4n) is 6.60. The number of esters is 1. The first-order valence-electron chi connectivity index (χ1n) is 11.5. The zero-order valence-electron chi connectivity index (χ0n) is 18.0. The molecular formula is C25H33ClN2O2. The van der Waals surface area contributed by atoms with Crippen molar-refractivity contribution in [1.82, 2.24) is 4.90 Å². The van der Waals surface area contributed by atoms with Gasteiger partial charge in [0.1, 0.15) is 6.10 Å². The summed E-state index contributed by atoms with van der Waals surface area (Å²) in [5, 5.41) is 0.781. The van der Waals surface area contributed by atoms with Gasteiger partial charge in [-0.25, -0.2) is 0 Å². The Hall–Kier alpha value is -1.52. The summed E-state index contributed by atoms with van der Waals surface area (Å²) < 4.78 is 5.95. The standard InChI is InChI=1S/C25H33ClN2O2/c1-17-5-4-8-25(2)15-23-20(14-22(17)25)21(24(29)30-23)16-27-9-11-28(12-10-27)19-7-3-6-18(26)13-19/h3,6-7,13,20-23H,1,4-5,8-12,14-16H2,2H3/t20-,21+,22-,23+,25+/m0/s1. The van der Waals surface area contributed by atoms with E-state index in [4.69, 9.17) is 16.3 Å². The Bertz CT molecular complexity index is 834. The molecule has 0 unspecified atom stereocenters. The molecule has 0 N–H and O–H groups in total. The molecule has 5 rings (SSSR count). The van der Waals surface area contributed by atoms with Gasteiger partial charge in [0.2, 0.25) is 0 Å². The van der Waals surface area contributed by atoms with Gasteiger partial charge in [0.25, 0.3) is 0 Å². The summed E-state index contributed by atoms with van der Waals surface area (Å²) >= 11 is 6.16. The number of rotatable bonds is 3. The lowest BCUT2D eigenvalue weighted by Crippen LogP contribution is -2.50. The highest BCUT2D eigenvalue weighted by Gasteiger charge is 2.55. The van der Waals surface area contributed by atoms with Gasteiger partial charge in [0, 0.05) is 49.4 Å². The van der Waals surface area contributed by atoms with Gasteiger partial charge in [-0.1, -0.05) is 36.7 Å². The van der Waals surface area contributed by atoms with Crippen LogP contribution in [0.25, 0.3) is 0 Å². The van der Waals surface area contributed by atoms with Gasteiger partial charge in [0.15, 0.2) is 0 Å². The topological polar surface area (TPSA) is 32.8 Å². The fourth-order valence-corrected chi connectivity index (χ4v) is 6.79. The van der Waals surface area contributed by atoms with E-state index in [0.717, 1.165) is 57.0 Å². The van der Waals surface area contributed by atoms with E-state index >= 15 is 0 Å². The number of anilines is 1. The first kappa shape index (κ1) is 20.4. The zero-order chi connectivity index (χ0) is 20.9. The Labute approximate surface area is 185 Å². The molecule has 1 aromatic rings. The molecule has 0 spiro atoms. The van der Waals surface area contributed by atoms with Gasteiger partial charge < -0.3 is 9.64 Å². The van der Waals surface area contributed by atoms with Gasteiger partial charge in [-0.05, 0) is 61.6 Å². The van der Waals surface area contributed by atoms with E-state index in [0.29, 0.717) is 11.8 Å². The molecule has 4 nitrogen and oxygen atoms in total. The minimum Gasteiger partial charge on any atom is -0.462 e. The summed E-state index contributed by atoms with van der Waals surface area (Å²) in [6.07, 6.45) is 5.85. The van der Waals surface area contributed by atoms with E-state index in [9.17, 15) is 4.79 Å². The van der Waals surface area contributed by atoms with Crippen molar-refractivity contribution < 1.29 is 9.53 Å². The summed E-state index contributed by atoms with van der Waals surface area (Å²) in [6, 6.07) is 8.08. The monoisotopic (exact) mass is 428 g/mol. The normalized spacial score (nSPS) is 36.9. The average Bonchev–Trinajstić information content (AvgIpc) is 3.01. The molecular weight excluding hydrogens is 396 g/mol. The second kappa shape index (κ2) is 7.87. The van der Waals surface area contributed by atoms with Crippen LogP contribution in [-0.2, 0) is 9.53 Å². The molecule has 0 aromatic heterocycles. The van der Waals surface area contributed by atoms with Gasteiger partial charge in [0.05, 0.1) is 5.92 Å². The van der Waals surface area contributed by atoms with Crippen LogP contribution in [0.2, 0.25) is 5.02 Å². The van der Waals surface area contributed by atoms with Crippen molar-refractivity contribution in [3.05, 3.63) is 41.4 Å². The summed E-state index contributed by atoms with van der Waals surface area (Å²) in [5.74, 6) is 0.975. The summed E-state index contributed by atoms with van der Waals surface area (Å²) in [4.78, 5) is 17.7. The predicted molar refractivity (Wildman–Crippen MR) is 121 cm³/mol. The number of piperazine rings is 1. The fraction of sp³-hybridized carbons (Fsp3) is 0.640. The van der Waals surface area contributed by atoms with Crippen molar-refractivity contribution in [2.75, 3.05) is 37.6 Å². The van der Waals surface area contributed by atoms with Crippen molar-refractivity contribution in [1.29, 1.82) is 0 Å². The Balaban J connectivity index is 1.23. The van der Waals surface area contributed by atoms with Crippen LogP contribution in [0.15, 0.2) is 36.4 Å². The molecule has 30 heavy (non-hydrogen) atoms. The van der Waals surface area contributed by atoms with Crippen LogP contribution in [0, 0.1) is 23.2 Å². The highest BCUT2D eigenvalue weighted by Crippen LogP contribution is 2.56. The maximum atomic E-state index is 12.8. The molecule has 162 valence electrons. The molecule has 5 atom stereocenters. The third-order valence-corrected chi connectivity index (χ3v) is 8.56. The molecule has 2 saturated heterocycles. The van der Waals surface area contributed by atoms with E-state index < -0.39 is 0 Å². The third-order valence-electron chi connectivity index (χ3n) is 8.32. The van der Waals surface area contributed by atoms with Crippen molar-refractivity contribution in [3.63, 3.8) is 0 Å². The third kappa shape index (κ3) is 3.67. The van der Waals surface area contributed by atoms with Crippen LogP contribution >= 0.6 is 11.6 Å². The number of benzene rings is 1. The molecule has 0 bridgehead atoms. The van der Waals surface area contributed by atoms with E-state index in [-0.39, 0.29) is 23.4 Å². The molecule has 2 aliphatic carbocycles. The van der Waals surface area contributed by atoms with Gasteiger partial charge >= 0.3 is 5.97 Å².